The molecule has 1 spiro atoms. The van der Waals surface area contributed by atoms with E-state index in [1.165, 1.54) is 6.42 Å². The van der Waals surface area contributed by atoms with Crippen molar-refractivity contribution in [3.8, 4) is 0 Å². The first-order valence-electron chi connectivity index (χ1n) is 8.87. The predicted molar refractivity (Wildman–Crippen MR) is 85.1 cm³/mol. The van der Waals surface area contributed by atoms with Crippen LogP contribution in [-0.2, 0) is 9.53 Å². The summed E-state index contributed by atoms with van der Waals surface area (Å²) >= 11 is 0. The van der Waals surface area contributed by atoms with Crippen molar-refractivity contribution in [3.05, 3.63) is 0 Å². The third kappa shape index (κ3) is 3.79. The van der Waals surface area contributed by atoms with Crippen LogP contribution in [0.2, 0.25) is 0 Å². The highest BCUT2D eigenvalue weighted by atomic mass is 16.5. The highest BCUT2D eigenvalue weighted by molar-refractivity contribution is 5.76. The molecule has 1 saturated carbocycles. The third-order valence-electron chi connectivity index (χ3n) is 5.70. The second kappa shape index (κ2) is 6.67. The van der Waals surface area contributed by atoms with E-state index in [1.54, 1.807) is 4.90 Å². The first kappa shape index (κ1) is 16.6. The van der Waals surface area contributed by atoms with E-state index in [-0.39, 0.29) is 17.6 Å². The Kier molecular flexibility index (Phi) is 4.80. The van der Waals surface area contributed by atoms with Crippen LogP contribution >= 0.6 is 0 Å². The molecule has 2 N–H and O–H groups in total. The Hall–Kier alpha value is -1.30. The Bertz CT molecular complexity index is 464. The van der Waals surface area contributed by atoms with Gasteiger partial charge in [0.05, 0.1) is 11.5 Å². The molecule has 0 radical (unpaired) electrons. The average molecular weight is 324 g/mol. The van der Waals surface area contributed by atoms with Crippen LogP contribution in [0.1, 0.15) is 45.4 Å². The van der Waals surface area contributed by atoms with Crippen molar-refractivity contribution >= 4 is 12.0 Å². The average Bonchev–Trinajstić information content (AvgIpc) is 2.50. The Morgan fingerprint density at radius 2 is 2.13 bits per heavy atom. The molecule has 2 amide bonds. The van der Waals surface area contributed by atoms with E-state index < -0.39 is 11.9 Å². The van der Waals surface area contributed by atoms with Crippen molar-refractivity contribution in [2.45, 2.75) is 51.0 Å². The summed E-state index contributed by atoms with van der Waals surface area (Å²) < 4.78 is 5.92. The molecule has 3 rings (SSSR count). The van der Waals surface area contributed by atoms with Gasteiger partial charge in [0.25, 0.3) is 0 Å². The highest BCUT2D eigenvalue weighted by Gasteiger charge is 2.42. The number of hydrogen-bond donors (Lipinski definition) is 2. The lowest BCUT2D eigenvalue weighted by Crippen LogP contribution is -2.52. The number of carbonyl (C=O) groups excluding carboxylic acids is 1. The van der Waals surface area contributed by atoms with Crippen molar-refractivity contribution in [2.75, 3.05) is 26.2 Å². The Labute approximate surface area is 137 Å². The Morgan fingerprint density at radius 3 is 2.78 bits per heavy atom. The molecule has 130 valence electrons. The number of amides is 2. The number of carboxylic acid groups (broad SMARTS) is 1. The van der Waals surface area contributed by atoms with Crippen molar-refractivity contribution in [1.29, 1.82) is 0 Å². The predicted octanol–water partition coefficient (Wildman–Crippen LogP) is 2.09. The lowest BCUT2D eigenvalue weighted by molar-refractivity contribution is -0.144. The second-order valence-electron chi connectivity index (χ2n) is 7.71. The summed E-state index contributed by atoms with van der Waals surface area (Å²) in [6.45, 7) is 4.44. The minimum atomic E-state index is -0.800. The van der Waals surface area contributed by atoms with Gasteiger partial charge in [0, 0.05) is 26.2 Å². The molecule has 1 aliphatic carbocycles. The van der Waals surface area contributed by atoms with Gasteiger partial charge in [-0.05, 0) is 50.4 Å². The summed E-state index contributed by atoms with van der Waals surface area (Å²) in [5.74, 6) is -0.529. The van der Waals surface area contributed by atoms with Gasteiger partial charge in [0.1, 0.15) is 0 Å². The number of nitrogens with one attached hydrogen (secondary N) is 1. The summed E-state index contributed by atoms with van der Waals surface area (Å²) in [4.78, 5) is 25.3. The summed E-state index contributed by atoms with van der Waals surface area (Å²) in [6, 6.07) is -0.114. The number of hydrogen-bond acceptors (Lipinski definition) is 3. The monoisotopic (exact) mass is 324 g/mol. The Morgan fingerprint density at radius 1 is 1.35 bits per heavy atom. The number of carboxylic acids is 1. The number of carbonyl (C=O) groups is 2. The summed E-state index contributed by atoms with van der Waals surface area (Å²) in [6.07, 6.45) is 6.25. The van der Waals surface area contributed by atoms with Crippen LogP contribution in [0.5, 0.6) is 0 Å². The molecule has 3 atom stereocenters. The molecule has 3 unspecified atom stereocenters. The molecular weight excluding hydrogens is 296 g/mol. The maximum Gasteiger partial charge on any atom is 0.317 e. The van der Waals surface area contributed by atoms with Crippen LogP contribution in [0, 0.1) is 17.8 Å². The summed E-state index contributed by atoms with van der Waals surface area (Å²) in [7, 11) is 0. The minimum Gasteiger partial charge on any atom is -0.481 e. The van der Waals surface area contributed by atoms with Gasteiger partial charge in [-0.25, -0.2) is 4.79 Å². The molecule has 0 bridgehead atoms. The lowest BCUT2D eigenvalue weighted by atomic mass is 9.72. The van der Waals surface area contributed by atoms with Crippen LogP contribution in [-0.4, -0.2) is 53.8 Å². The zero-order valence-electron chi connectivity index (χ0n) is 13.9. The van der Waals surface area contributed by atoms with E-state index >= 15 is 0 Å². The van der Waals surface area contributed by atoms with Crippen molar-refractivity contribution < 1.29 is 19.4 Å². The van der Waals surface area contributed by atoms with Gasteiger partial charge < -0.3 is 20.1 Å². The molecule has 3 aliphatic rings. The van der Waals surface area contributed by atoms with Crippen LogP contribution in [0.25, 0.3) is 0 Å². The smallest absolute Gasteiger partial charge is 0.317 e. The second-order valence-corrected chi connectivity index (χ2v) is 7.71. The maximum atomic E-state index is 12.4. The van der Waals surface area contributed by atoms with Crippen molar-refractivity contribution in [1.82, 2.24) is 10.2 Å². The number of aliphatic carboxylic acids is 1. The highest BCUT2D eigenvalue weighted by Crippen LogP contribution is 2.44. The standard InChI is InChI=1S/C17H28N2O4/c1-12-7-14(15(20)21)11-19(10-12)16(22)18-9-13-3-6-23-17(8-13)4-2-5-17/h12-14H,2-11H2,1H3,(H,18,22)(H,20,21). The topological polar surface area (TPSA) is 78.9 Å². The summed E-state index contributed by atoms with van der Waals surface area (Å²) in [5.41, 5.74) is 0.0989. The van der Waals surface area contributed by atoms with E-state index in [1.807, 2.05) is 6.92 Å². The number of nitrogens with zero attached hydrogens (tertiary/aromatic N) is 1. The van der Waals surface area contributed by atoms with Crippen molar-refractivity contribution in [3.63, 3.8) is 0 Å². The van der Waals surface area contributed by atoms with E-state index in [9.17, 15) is 14.7 Å². The van der Waals surface area contributed by atoms with Gasteiger partial charge in [-0.15, -0.1) is 0 Å². The van der Waals surface area contributed by atoms with Gasteiger partial charge in [0.2, 0.25) is 0 Å². The molecule has 2 heterocycles. The summed E-state index contributed by atoms with van der Waals surface area (Å²) in [5, 5.41) is 12.2. The van der Waals surface area contributed by atoms with Gasteiger partial charge in [-0.2, -0.15) is 0 Å². The lowest BCUT2D eigenvalue weighted by Gasteiger charge is -2.47. The van der Waals surface area contributed by atoms with Gasteiger partial charge in [-0.3, -0.25) is 4.79 Å². The van der Waals surface area contributed by atoms with Gasteiger partial charge in [-0.1, -0.05) is 6.92 Å². The molecule has 6 heteroatoms. The van der Waals surface area contributed by atoms with E-state index in [0.717, 1.165) is 32.3 Å². The molecule has 0 aromatic heterocycles. The number of piperidine rings is 1. The number of ether oxygens (including phenoxy) is 1. The van der Waals surface area contributed by atoms with Crippen LogP contribution in [0.3, 0.4) is 0 Å². The quantitative estimate of drug-likeness (QED) is 0.833. The first-order chi connectivity index (χ1) is 11.0. The van der Waals surface area contributed by atoms with E-state index in [0.29, 0.717) is 32.0 Å². The maximum absolute atomic E-state index is 12.4. The minimum absolute atomic E-state index is 0.0989. The normalized spacial score (nSPS) is 33.1. The van der Waals surface area contributed by atoms with Gasteiger partial charge >= 0.3 is 12.0 Å². The van der Waals surface area contributed by atoms with Crippen LogP contribution < -0.4 is 5.32 Å². The fourth-order valence-corrected chi connectivity index (χ4v) is 4.26. The van der Waals surface area contributed by atoms with Gasteiger partial charge in [0.15, 0.2) is 0 Å². The fraction of sp³-hybridized carbons (Fsp3) is 0.882. The first-order valence-corrected chi connectivity index (χ1v) is 8.87. The van der Waals surface area contributed by atoms with E-state index in [2.05, 4.69) is 5.32 Å². The molecule has 0 aromatic carbocycles. The molecule has 2 saturated heterocycles. The largest absolute Gasteiger partial charge is 0.481 e. The molecule has 3 fully saturated rings. The molecule has 0 aromatic rings. The molecule has 6 nitrogen and oxygen atoms in total. The third-order valence-corrected chi connectivity index (χ3v) is 5.70. The Balaban J connectivity index is 1.47. The van der Waals surface area contributed by atoms with Crippen molar-refractivity contribution in [2.24, 2.45) is 17.8 Å². The molecular formula is C17H28N2O4. The zero-order valence-corrected chi connectivity index (χ0v) is 13.9. The fourth-order valence-electron chi connectivity index (χ4n) is 4.26. The molecule has 23 heavy (non-hydrogen) atoms. The number of rotatable bonds is 3. The van der Waals surface area contributed by atoms with Crippen LogP contribution in [0.15, 0.2) is 0 Å². The van der Waals surface area contributed by atoms with Crippen LogP contribution in [0.4, 0.5) is 4.79 Å². The zero-order chi connectivity index (χ0) is 16.4. The number of likely N-dealkylation sites (tertiary alicyclic amines) is 1. The molecule has 2 aliphatic heterocycles. The number of urea groups is 1. The van der Waals surface area contributed by atoms with E-state index in [4.69, 9.17) is 4.74 Å². The SMILES string of the molecule is CC1CC(C(=O)O)CN(C(=O)NCC2CCOC3(CCC3)C2)C1.